The van der Waals surface area contributed by atoms with Gasteiger partial charge in [0.1, 0.15) is 5.82 Å². The molecule has 0 bridgehead atoms. The predicted molar refractivity (Wildman–Crippen MR) is 77.5 cm³/mol. The van der Waals surface area contributed by atoms with Crippen LogP contribution in [0.2, 0.25) is 0 Å². The zero-order valence-corrected chi connectivity index (χ0v) is 12.0. The molecule has 2 heterocycles. The number of rotatable bonds is 1. The summed E-state index contributed by atoms with van der Waals surface area (Å²) in [5.74, 6) is -0.314. The molecule has 1 saturated heterocycles. The van der Waals surface area contributed by atoms with Gasteiger partial charge in [0.2, 0.25) is 0 Å². The topological polar surface area (TPSA) is 40.5 Å². The third-order valence-electron chi connectivity index (χ3n) is 3.82. The molecule has 1 N–H and O–H groups in total. The monoisotopic (exact) mass is 293 g/mol. The van der Waals surface area contributed by atoms with Crippen LogP contribution in [0.5, 0.6) is 0 Å². The number of amides is 1. The second kappa shape index (κ2) is 4.82. The highest BCUT2D eigenvalue weighted by atomic mass is 32.1. The minimum Gasteiger partial charge on any atom is -0.390 e. The molecule has 1 aromatic carbocycles. The fraction of sp³-hybridized carbons (Fsp3) is 0.400. The Morgan fingerprint density at radius 1 is 1.35 bits per heavy atom. The van der Waals surface area contributed by atoms with E-state index in [0.29, 0.717) is 30.8 Å². The number of aliphatic hydroxyl groups is 1. The molecule has 2 aromatic rings. The van der Waals surface area contributed by atoms with Crippen LogP contribution in [0, 0.1) is 5.82 Å². The predicted octanol–water partition coefficient (Wildman–Crippen LogP) is 3.03. The van der Waals surface area contributed by atoms with Crippen LogP contribution < -0.4 is 0 Å². The molecule has 0 radical (unpaired) electrons. The van der Waals surface area contributed by atoms with E-state index >= 15 is 0 Å². The Balaban J connectivity index is 1.82. The van der Waals surface area contributed by atoms with Gasteiger partial charge in [0.15, 0.2) is 0 Å². The first kappa shape index (κ1) is 13.5. The van der Waals surface area contributed by atoms with Gasteiger partial charge in [-0.05, 0) is 49.4 Å². The lowest BCUT2D eigenvalue weighted by molar-refractivity contribution is -0.00188. The molecule has 0 aliphatic carbocycles. The summed E-state index contributed by atoms with van der Waals surface area (Å²) in [6.45, 7) is 2.93. The second-order valence-electron chi connectivity index (χ2n) is 5.58. The summed E-state index contributed by atoms with van der Waals surface area (Å²) in [5, 5.41) is 10.7. The first-order valence-electron chi connectivity index (χ1n) is 6.65. The van der Waals surface area contributed by atoms with Gasteiger partial charge >= 0.3 is 0 Å². The molecule has 0 saturated carbocycles. The average Bonchev–Trinajstić information content (AvgIpc) is 2.80. The molecular formula is C15H16FNO2S. The Morgan fingerprint density at radius 2 is 2.05 bits per heavy atom. The summed E-state index contributed by atoms with van der Waals surface area (Å²) in [7, 11) is 0. The van der Waals surface area contributed by atoms with Crippen LogP contribution in [0.1, 0.15) is 29.4 Å². The summed E-state index contributed by atoms with van der Waals surface area (Å²) in [5.41, 5.74) is -0.667. The van der Waals surface area contributed by atoms with Crippen molar-refractivity contribution < 1.29 is 14.3 Å². The van der Waals surface area contributed by atoms with Crippen LogP contribution >= 0.6 is 11.3 Å². The SMILES string of the molecule is CC1(O)CCN(C(=O)c2cc3cc(F)ccc3s2)CC1. The smallest absolute Gasteiger partial charge is 0.263 e. The van der Waals surface area contributed by atoms with E-state index in [0.717, 1.165) is 10.1 Å². The molecule has 3 nitrogen and oxygen atoms in total. The van der Waals surface area contributed by atoms with Gasteiger partial charge in [0.25, 0.3) is 5.91 Å². The molecule has 5 heteroatoms. The molecule has 0 unspecified atom stereocenters. The van der Waals surface area contributed by atoms with E-state index in [4.69, 9.17) is 0 Å². The number of carbonyl (C=O) groups excluding carboxylic acids is 1. The van der Waals surface area contributed by atoms with Gasteiger partial charge in [-0.1, -0.05) is 0 Å². The minimum absolute atomic E-state index is 0.0258. The number of benzene rings is 1. The van der Waals surface area contributed by atoms with Crippen molar-refractivity contribution in [2.45, 2.75) is 25.4 Å². The Labute approximate surface area is 120 Å². The molecule has 1 aliphatic heterocycles. The summed E-state index contributed by atoms with van der Waals surface area (Å²) >= 11 is 1.39. The quantitative estimate of drug-likeness (QED) is 0.878. The van der Waals surface area contributed by atoms with Gasteiger partial charge in [-0.15, -0.1) is 11.3 Å². The fourth-order valence-corrected chi connectivity index (χ4v) is 3.48. The van der Waals surface area contributed by atoms with E-state index in [1.54, 1.807) is 24.0 Å². The molecule has 0 atom stereocenters. The van der Waals surface area contributed by atoms with Crippen LogP contribution in [0.3, 0.4) is 0 Å². The van der Waals surface area contributed by atoms with E-state index < -0.39 is 5.60 Å². The Morgan fingerprint density at radius 3 is 2.75 bits per heavy atom. The molecular weight excluding hydrogens is 277 g/mol. The lowest BCUT2D eigenvalue weighted by Crippen LogP contribution is -2.44. The Hall–Kier alpha value is -1.46. The van der Waals surface area contributed by atoms with Gasteiger partial charge < -0.3 is 10.0 Å². The lowest BCUT2D eigenvalue weighted by Gasteiger charge is -2.35. The van der Waals surface area contributed by atoms with E-state index in [1.165, 1.54) is 23.5 Å². The van der Waals surface area contributed by atoms with Crippen LogP contribution in [0.25, 0.3) is 10.1 Å². The van der Waals surface area contributed by atoms with Crippen molar-refractivity contribution in [3.05, 3.63) is 35.0 Å². The zero-order valence-electron chi connectivity index (χ0n) is 11.2. The van der Waals surface area contributed by atoms with Gasteiger partial charge in [-0.25, -0.2) is 4.39 Å². The van der Waals surface area contributed by atoms with Crippen molar-refractivity contribution in [1.29, 1.82) is 0 Å². The molecule has 106 valence electrons. The van der Waals surface area contributed by atoms with Crippen LogP contribution in [-0.4, -0.2) is 34.6 Å². The number of likely N-dealkylation sites (tertiary alicyclic amines) is 1. The highest BCUT2D eigenvalue weighted by Gasteiger charge is 2.30. The van der Waals surface area contributed by atoms with E-state index in [2.05, 4.69) is 0 Å². The molecule has 3 rings (SSSR count). The van der Waals surface area contributed by atoms with Crippen LogP contribution in [0.4, 0.5) is 4.39 Å². The molecule has 0 spiro atoms. The maximum atomic E-state index is 13.2. The summed E-state index contributed by atoms with van der Waals surface area (Å²) < 4.78 is 14.1. The van der Waals surface area contributed by atoms with Crippen LogP contribution in [0.15, 0.2) is 24.3 Å². The summed E-state index contributed by atoms with van der Waals surface area (Å²) in [4.78, 5) is 14.8. The minimum atomic E-state index is -0.667. The van der Waals surface area contributed by atoms with Crippen molar-refractivity contribution >= 4 is 27.3 Å². The number of thiophene rings is 1. The Bertz CT molecular complexity index is 655. The highest BCUT2D eigenvalue weighted by Crippen LogP contribution is 2.29. The number of nitrogens with zero attached hydrogens (tertiary/aromatic N) is 1. The fourth-order valence-electron chi connectivity index (χ4n) is 2.47. The van der Waals surface area contributed by atoms with Crippen molar-refractivity contribution in [3.63, 3.8) is 0 Å². The first-order chi connectivity index (χ1) is 9.44. The normalized spacial score (nSPS) is 18.4. The molecule has 1 fully saturated rings. The third kappa shape index (κ3) is 2.55. The maximum absolute atomic E-state index is 13.2. The first-order valence-corrected chi connectivity index (χ1v) is 7.47. The lowest BCUT2D eigenvalue weighted by atomic mass is 9.94. The molecule has 20 heavy (non-hydrogen) atoms. The van der Waals surface area contributed by atoms with Gasteiger partial charge in [0, 0.05) is 17.8 Å². The van der Waals surface area contributed by atoms with Crippen molar-refractivity contribution in [3.8, 4) is 0 Å². The molecule has 1 aromatic heterocycles. The van der Waals surface area contributed by atoms with Crippen LogP contribution in [-0.2, 0) is 0 Å². The van der Waals surface area contributed by atoms with Gasteiger partial charge in [-0.3, -0.25) is 4.79 Å². The number of carbonyl (C=O) groups is 1. The van der Waals surface area contributed by atoms with Gasteiger partial charge in [0.05, 0.1) is 10.5 Å². The number of halogens is 1. The van der Waals surface area contributed by atoms with Gasteiger partial charge in [-0.2, -0.15) is 0 Å². The average molecular weight is 293 g/mol. The molecule has 1 aliphatic rings. The molecule has 1 amide bonds. The zero-order chi connectivity index (χ0) is 14.3. The summed E-state index contributed by atoms with van der Waals surface area (Å²) in [6.07, 6.45) is 1.19. The second-order valence-corrected chi connectivity index (χ2v) is 6.67. The van der Waals surface area contributed by atoms with E-state index in [9.17, 15) is 14.3 Å². The summed E-state index contributed by atoms with van der Waals surface area (Å²) in [6, 6.07) is 6.31. The van der Waals surface area contributed by atoms with E-state index in [-0.39, 0.29) is 11.7 Å². The van der Waals surface area contributed by atoms with Crippen molar-refractivity contribution in [2.75, 3.05) is 13.1 Å². The largest absolute Gasteiger partial charge is 0.390 e. The number of hydrogen-bond donors (Lipinski definition) is 1. The number of fused-ring (bicyclic) bond motifs is 1. The Kier molecular flexibility index (Phi) is 3.26. The number of hydrogen-bond acceptors (Lipinski definition) is 3. The highest BCUT2D eigenvalue weighted by molar-refractivity contribution is 7.20. The maximum Gasteiger partial charge on any atom is 0.263 e. The van der Waals surface area contributed by atoms with E-state index in [1.807, 2.05) is 0 Å². The van der Waals surface area contributed by atoms with Crippen molar-refractivity contribution in [1.82, 2.24) is 4.90 Å². The van der Waals surface area contributed by atoms with Crippen molar-refractivity contribution in [2.24, 2.45) is 0 Å². The third-order valence-corrected chi connectivity index (χ3v) is 4.92. The number of piperidine rings is 1. The standard InChI is InChI=1S/C15H16FNO2S/c1-15(19)4-6-17(7-5-15)14(18)13-9-10-8-11(16)2-3-12(10)20-13/h2-3,8-9,19H,4-7H2,1H3.